The average molecular weight is 319 g/mol. The number of rotatable bonds is 2. The van der Waals surface area contributed by atoms with Crippen molar-refractivity contribution in [3.8, 4) is 0 Å². The van der Waals surface area contributed by atoms with E-state index in [-0.39, 0.29) is 12.0 Å². The Balaban J connectivity index is 1.90. The van der Waals surface area contributed by atoms with Crippen LogP contribution in [0.15, 0.2) is 12.3 Å². The summed E-state index contributed by atoms with van der Waals surface area (Å²) in [5.41, 5.74) is -1.46. The summed E-state index contributed by atoms with van der Waals surface area (Å²) in [7, 11) is 0. The van der Waals surface area contributed by atoms with Gasteiger partial charge in [0, 0.05) is 19.3 Å². The molecular formula is C14H20F3N3O2. The van der Waals surface area contributed by atoms with Crippen molar-refractivity contribution in [2.75, 3.05) is 13.1 Å². The van der Waals surface area contributed by atoms with Gasteiger partial charge in [-0.3, -0.25) is 4.68 Å². The van der Waals surface area contributed by atoms with Gasteiger partial charge in [0.15, 0.2) is 5.69 Å². The maximum atomic E-state index is 12.5. The highest BCUT2D eigenvalue weighted by Crippen LogP contribution is 2.30. The van der Waals surface area contributed by atoms with E-state index in [4.69, 9.17) is 4.84 Å². The van der Waals surface area contributed by atoms with Gasteiger partial charge < -0.3 is 4.84 Å². The van der Waals surface area contributed by atoms with Crippen LogP contribution >= 0.6 is 0 Å². The molecule has 1 aromatic rings. The zero-order valence-electron chi connectivity index (χ0n) is 12.9. The lowest BCUT2D eigenvalue weighted by Crippen LogP contribution is -2.39. The lowest BCUT2D eigenvalue weighted by Gasteiger charge is -2.32. The minimum Gasteiger partial charge on any atom is -0.367 e. The molecule has 0 radical (unpaired) electrons. The molecule has 124 valence electrons. The summed E-state index contributed by atoms with van der Waals surface area (Å²) in [4.78, 5) is 17.1. The van der Waals surface area contributed by atoms with E-state index < -0.39 is 17.3 Å². The van der Waals surface area contributed by atoms with Crippen molar-refractivity contribution >= 4 is 5.97 Å². The second kappa shape index (κ2) is 5.91. The average Bonchev–Trinajstić information content (AvgIpc) is 2.88. The minimum absolute atomic E-state index is 0.110. The normalized spacial score (nSPS) is 18.5. The summed E-state index contributed by atoms with van der Waals surface area (Å²) >= 11 is 0. The predicted molar refractivity (Wildman–Crippen MR) is 72.6 cm³/mol. The van der Waals surface area contributed by atoms with Crippen LogP contribution in [0, 0.1) is 5.41 Å². The molecule has 0 spiro atoms. The Kier molecular flexibility index (Phi) is 4.51. The maximum absolute atomic E-state index is 12.5. The maximum Gasteiger partial charge on any atom is 0.435 e. The van der Waals surface area contributed by atoms with Crippen LogP contribution < -0.4 is 0 Å². The summed E-state index contributed by atoms with van der Waals surface area (Å²) in [6, 6.07) is 0.868. The molecule has 2 heterocycles. The first-order valence-corrected chi connectivity index (χ1v) is 7.17. The van der Waals surface area contributed by atoms with Crippen LogP contribution in [0.5, 0.6) is 0 Å². The van der Waals surface area contributed by atoms with Crippen LogP contribution in [0.4, 0.5) is 13.2 Å². The number of hydrogen-bond donors (Lipinski definition) is 0. The fourth-order valence-electron chi connectivity index (χ4n) is 2.14. The van der Waals surface area contributed by atoms with E-state index in [2.05, 4.69) is 5.10 Å². The Bertz CT molecular complexity index is 526. The quantitative estimate of drug-likeness (QED) is 0.840. The third kappa shape index (κ3) is 4.00. The Labute approximate surface area is 127 Å². The third-order valence-corrected chi connectivity index (χ3v) is 3.52. The monoisotopic (exact) mass is 319 g/mol. The van der Waals surface area contributed by atoms with E-state index in [0.717, 1.165) is 6.07 Å². The summed E-state index contributed by atoms with van der Waals surface area (Å²) in [6.07, 6.45) is -1.91. The number of nitrogens with zero attached hydrogens (tertiary/aromatic N) is 3. The molecule has 0 atom stereocenters. The van der Waals surface area contributed by atoms with E-state index in [1.54, 1.807) is 25.8 Å². The summed E-state index contributed by atoms with van der Waals surface area (Å²) in [5.74, 6) is -0.315. The number of aromatic nitrogens is 2. The van der Waals surface area contributed by atoms with Gasteiger partial charge in [0.05, 0.1) is 11.5 Å². The Hall–Kier alpha value is -1.57. The van der Waals surface area contributed by atoms with Crippen molar-refractivity contribution in [3.05, 3.63) is 18.0 Å². The molecule has 0 unspecified atom stereocenters. The highest BCUT2D eigenvalue weighted by atomic mass is 19.4. The molecule has 8 heteroatoms. The largest absolute Gasteiger partial charge is 0.435 e. The molecule has 2 rings (SSSR count). The van der Waals surface area contributed by atoms with Crippen molar-refractivity contribution in [1.29, 1.82) is 0 Å². The molecule has 1 fully saturated rings. The molecule has 0 bridgehead atoms. The highest BCUT2D eigenvalue weighted by Gasteiger charge is 2.35. The van der Waals surface area contributed by atoms with E-state index in [0.29, 0.717) is 25.9 Å². The second-order valence-electron chi connectivity index (χ2n) is 6.47. The van der Waals surface area contributed by atoms with Gasteiger partial charge in [-0.15, -0.1) is 5.06 Å². The summed E-state index contributed by atoms with van der Waals surface area (Å²) < 4.78 is 39.0. The van der Waals surface area contributed by atoms with Gasteiger partial charge >= 0.3 is 12.1 Å². The van der Waals surface area contributed by atoms with Gasteiger partial charge in [0.25, 0.3) is 0 Å². The summed E-state index contributed by atoms with van der Waals surface area (Å²) in [5, 5.41) is 5.16. The van der Waals surface area contributed by atoms with Gasteiger partial charge in [-0.2, -0.15) is 18.3 Å². The SMILES string of the molecule is CC(C)(C)C(=O)ON1CCC(n2ccc(C(F)(F)F)n2)CC1. The standard InChI is InChI=1S/C14H20F3N3O2/c1-13(2,3)12(21)22-19-7-4-10(5-8-19)20-9-6-11(18-20)14(15,16)17/h6,9-10H,4-5,7-8H2,1-3H3. The second-order valence-corrected chi connectivity index (χ2v) is 6.47. The molecule has 0 amide bonds. The number of carbonyl (C=O) groups excluding carboxylic acids is 1. The Morgan fingerprint density at radius 1 is 1.27 bits per heavy atom. The molecule has 0 saturated carbocycles. The number of carbonyl (C=O) groups is 1. The van der Waals surface area contributed by atoms with Crippen LogP contribution in [0.2, 0.25) is 0 Å². The Morgan fingerprint density at radius 3 is 2.32 bits per heavy atom. The molecule has 1 saturated heterocycles. The van der Waals surface area contributed by atoms with Crippen LogP contribution in [0.3, 0.4) is 0 Å². The molecule has 1 aromatic heterocycles. The smallest absolute Gasteiger partial charge is 0.367 e. The fourth-order valence-corrected chi connectivity index (χ4v) is 2.14. The number of hydroxylamine groups is 2. The zero-order valence-corrected chi connectivity index (χ0v) is 12.9. The summed E-state index contributed by atoms with van der Waals surface area (Å²) in [6.45, 7) is 6.26. The first kappa shape index (κ1) is 16.8. The van der Waals surface area contributed by atoms with Gasteiger partial charge in [-0.05, 0) is 39.7 Å². The molecule has 5 nitrogen and oxygen atoms in total. The van der Waals surface area contributed by atoms with E-state index >= 15 is 0 Å². The number of halogens is 3. The minimum atomic E-state index is -4.42. The zero-order chi connectivity index (χ0) is 16.5. The van der Waals surface area contributed by atoms with Crippen molar-refractivity contribution in [3.63, 3.8) is 0 Å². The van der Waals surface area contributed by atoms with Gasteiger partial charge in [-0.25, -0.2) is 4.79 Å². The molecule has 0 aliphatic carbocycles. The first-order chi connectivity index (χ1) is 10.1. The third-order valence-electron chi connectivity index (χ3n) is 3.52. The molecule has 0 aromatic carbocycles. The van der Waals surface area contributed by atoms with Crippen LogP contribution in [0.1, 0.15) is 45.3 Å². The van der Waals surface area contributed by atoms with E-state index in [1.165, 1.54) is 10.9 Å². The topological polar surface area (TPSA) is 47.4 Å². The lowest BCUT2D eigenvalue weighted by molar-refractivity contribution is -0.205. The number of hydrogen-bond acceptors (Lipinski definition) is 4. The highest BCUT2D eigenvalue weighted by molar-refractivity contribution is 5.75. The van der Waals surface area contributed by atoms with E-state index in [9.17, 15) is 18.0 Å². The van der Waals surface area contributed by atoms with Gasteiger partial charge in [-0.1, -0.05) is 0 Å². The molecule has 1 aliphatic rings. The van der Waals surface area contributed by atoms with Crippen LogP contribution in [0.25, 0.3) is 0 Å². The first-order valence-electron chi connectivity index (χ1n) is 7.17. The van der Waals surface area contributed by atoms with Crippen LogP contribution in [-0.2, 0) is 15.8 Å². The number of piperidine rings is 1. The van der Waals surface area contributed by atoms with Gasteiger partial charge in [0.2, 0.25) is 0 Å². The Morgan fingerprint density at radius 2 is 1.86 bits per heavy atom. The van der Waals surface area contributed by atoms with Crippen molar-refractivity contribution < 1.29 is 22.8 Å². The predicted octanol–water partition coefficient (Wildman–Crippen LogP) is 3.04. The van der Waals surface area contributed by atoms with Crippen molar-refractivity contribution in [2.24, 2.45) is 5.41 Å². The van der Waals surface area contributed by atoms with Crippen molar-refractivity contribution in [1.82, 2.24) is 14.8 Å². The van der Waals surface area contributed by atoms with Crippen molar-refractivity contribution in [2.45, 2.75) is 45.8 Å². The lowest BCUT2D eigenvalue weighted by atomic mass is 9.98. The number of alkyl halides is 3. The molecular weight excluding hydrogens is 299 g/mol. The molecule has 1 aliphatic heterocycles. The van der Waals surface area contributed by atoms with Crippen LogP contribution in [-0.4, -0.2) is 33.9 Å². The van der Waals surface area contributed by atoms with E-state index in [1.807, 2.05) is 0 Å². The molecule has 22 heavy (non-hydrogen) atoms. The van der Waals surface area contributed by atoms with Gasteiger partial charge in [0.1, 0.15) is 0 Å². The fraction of sp³-hybridized carbons (Fsp3) is 0.714. The molecule has 0 N–H and O–H groups in total.